The summed E-state index contributed by atoms with van der Waals surface area (Å²) in [6.07, 6.45) is 0. The first kappa shape index (κ1) is 23.3. The lowest BCUT2D eigenvalue weighted by molar-refractivity contribution is 0.0398. The fourth-order valence-corrected chi connectivity index (χ4v) is 4.16. The molecule has 0 spiro atoms. The summed E-state index contributed by atoms with van der Waals surface area (Å²) < 4.78 is 27.2. The Labute approximate surface area is 206 Å². The second-order valence-corrected chi connectivity index (χ2v) is 8.53. The van der Waals surface area contributed by atoms with Gasteiger partial charge < -0.3 is 20.5 Å². The van der Waals surface area contributed by atoms with Crippen molar-refractivity contribution in [1.82, 2.24) is 24.6 Å². The molecule has 0 aliphatic carbocycles. The maximum Gasteiger partial charge on any atom is 0.225 e. The summed E-state index contributed by atoms with van der Waals surface area (Å²) in [4.78, 5) is 11.5. The molecule has 182 valence electrons. The second-order valence-electron chi connectivity index (χ2n) is 8.09. The number of benzene rings is 2. The van der Waals surface area contributed by atoms with E-state index in [1.54, 1.807) is 41.1 Å². The number of morpholine rings is 1. The van der Waals surface area contributed by atoms with Crippen molar-refractivity contribution in [3.8, 4) is 22.7 Å². The van der Waals surface area contributed by atoms with Gasteiger partial charge in [-0.05, 0) is 36.4 Å². The number of nitrogens with one attached hydrogen (secondary N) is 1. The van der Waals surface area contributed by atoms with Crippen LogP contribution in [0.5, 0.6) is 5.75 Å². The van der Waals surface area contributed by atoms with Gasteiger partial charge in [0.25, 0.3) is 0 Å². The fraction of sp³-hybridized carbons (Fsp3) is 0.292. The van der Waals surface area contributed by atoms with Gasteiger partial charge in [-0.1, -0.05) is 11.6 Å². The Morgan fingerprint density at radius 1 is 1.14 bits per heavy atom. The van der Waals surface area contributed by atoms with Gasteiger partial charge in [0, 0.05) is 42.8 Å². The quantitative estimate of drug-likeness (QED) is 0.399. The zero-order valence-electron chi connectivity index (χ0n) is 19.2. The van der Waals surface area contributed by atoms with E-state index in [4.69, 9.17) is 26.8 Å². The molecule has 0 saturated carbocycles. The Kier molecular flexibility index (Phi) is 6.67. The standard InChI is InChI=1S/C24H25ClFN7O2/c1-34-17-6-7-18(19(26)14-17)21-20-22(27)33(16-4-2-15(25)3-5-16)31-23(20)30-24(29-21)28-8-9-32-10-12-35-13-11-32/h2-7,14H,8-13,27H2,1H3,(H,28,30,31). The number of fused-ring (bicyclic) bond motifs is 1. The summed E-state index contributed by atoms with van der Waals surface area (Å²) in [6.45, 7) is 4.63. The number of methoxy groups -OCH3 is 1. The number of nitrogens with zero attached hydrogens (tertiary/aromatic N) is 5. The van der Waals surface area contributed by atoms with E-state index in [0.29, 0.717) is 51.5 Å². The van der Waals surface area contributed by atoms with Crippen molar-refractivity contribution in [3.63, 3.8) is 0 Å². The van der Waals surface area contributed by atoms with Crippen LogP contribution in [0, 0.1) is 5.82 Å². The third kappa shape index (κ3) is 4.86. The first-order valence-electron chi connectivity index (χ1n) is 11.2. The van der Waals surface area contributed by atoms with E-state index in [1.165, 1.54) is 13.2 Å². The van der Waals surface area contributed by atoms with Crippen LogP contribution in [0.3, 0.4) is 0 Å². The summed E-state index contributed by atoms with van der Waals surface area (Å²) in [7, 11) is 1.49. The van der Waals surface area contributed by atoms with Crippen LogP contribution >= 0.6 is 11.6 Å². The summed E-state index contributed by atoms with van der Waals surface area (Å²) in [5.41, 5.74) is 8.18. The number of hydrogen-bond acceptors (Lipinski definition) is 8. The SMILES string of the molecule is COc1ccc(-c2nc(NCCN3CCOCC3)nc3nn(-c4ccc(Cl)cc4)c(N)c23)c(F)c1. The van der Waals surface area contributed by atoms with E-state index >= 15 is 4.39 Å². The van der Waals surface area contributed by atoms with Gasteiger partial charge in [-0.3, -0.25) is 4.90 Å². The molecule has 0 bridgehead atoms. The Morgan fingerprint density at radius 2 is 1.91 bits per heavy atom. The van der Waals surface area contributed by atoms with Crippen molar-refractivity contribution in [2.45, 2.75) is 0 Å². The highest BCUT2D eigenvalue weighted by molar-refractivity contribution is 6.30. The van der Waals surface area contributed by atoms with Gasteiger partial charge in [-0.2, -0.15) is 4.98 Å². The molecule has 0 atom stereocenters. The Balaban J connectivity index is 1.56. The smallest absolute Gasteiger partial charge is 0.225 e. The van der Waals surface area contributed by atoms with Gasteiger partial charge >= 0.3 is 0 Å². The average molecular weight is 498 g/mol. The molecule has 5 rings (SSSR count). The monoisotopic (exact) mass is 497 g/mol. The van der Waals surface area contributed by atoms with E-state index in [9.17, 15) is 0 Å². The molecule has 0 amide bonds. The molecule has 3 heterocycles. The zero-order valence-corrected chi connectivity index (χ0v) is 19.9. The molecule has 9 nitrogen and oxygen atoms in total. The van der Waals surface area contributed by atoms with Crippen molar-refractivity contribution in [3.05, 3.63) is 53.3 Å². The van der Waals surface area contributed by atoms with Gasteiger partial charge in [-0.25, -0.2) is 14.1 Å². The summed E-state index contributed by atoms with van der Waals surface area (Å²) in [5, 5.41) is 8.91. The molecule has 1 aliphatic rings. The molecule has 35 heavy (non-hydrogen) atoms. The van der Waals surface area contributed by atoms with Crippen molar-refractivity contribution in [1.29, 1.82) is 0 Å². The molecule has 4 aromatic rings. The fourth-order valence-electron chi connectivity index (χ4n) is 4.03. The predicted octanol–water partition coefficient (Wildman–Crippen LogP) is 3.61. The van der Waals surface area contributed by atoms with Gasteiger partial charge in [0.15, 0.2) is 5.65 Å². The van der Waals surface area contributed by atoms with Crippen molar-refractivity contribution in [2.75, 3.05) is 57.6 Å². The lowest BCUT2D eigenvalue weighted by atomic mass is 10.1. The van der Waals surface area contributed by atoms with E-state index in [-0.39, 0.29) is 5.56 Å². The molecule has 2 aromatic heterocycles. The number of rotatable bonds is 7. The number of halogens is 2. The molecule has 1 saturated heterocycles. The van der Waals surface area contributed by atoms with Crippen LogP contribution in [0.1, 0.15) is 0 Å². The number of hydrogen-bond donors (Lipinski definition) is 2. The lowest BCUT2D eigenvalue weighted by Gasteiger charge is -2.26. The highest BCUT2D eigenvalue weighted by atomic mass is 35.5. The predicted molar refractivity (Wildman–Crippen MR) is 134 cm³/mol. The van der Waals surface area contributed by atoms with Crippen LogP contribution in [0.25, 0.3) is 28.0 Å². The molecule has 2 aromatic carbocycles. The van der Waals surface area contributed by atoms with Crippen LogP contribution in [-0.4, -0.2) is 71.2 Å². The zero-order chi connectivity index (χ0) is 24.4. The van der Waals surface area contributed by atoms with Crippen molar-refractivity contribution >= 4 is 34.4 Å². The van der Waals surface area contributed by atoms with Crippen LogP contribution in [0.4, 0.5) is 16.2 Å². The maximum atomic E-state index is 15.1. The Bertz CT molecular complexity index is 1340. The molecular formula is C24H25ClFN7O2. The second kappa shape index (κ2) is 10.0. The number of anilines is 2. The van der Waals surface area contributed by atoms with Crippen LogP contribution in [0.15, 0.2) is 42.5 Å². The first-order valence-corrected chi connectivity index (χ1v) is 11.6. The Morgan fingerprint density at radius 3 is 2.63 bits per heavy atom. The van der Waals surface area contributed by atoms with Crippen LogP contribution in [0.2, 0.25) is 5.02 Å². The topological polar surface area (TPSA) is 103 Å². The summed E-state index contributed by atoms with van der Waals surface area (Å²) in [5.74, 6) is 0.566. The normalized spacial score (nSPS) is 14.4. The minimum Gasteiger partial charge on any atom is -0.497 e. The maximum absolute atomic E-state index is 15.1. The van der Waals surface area contributed by atoms with E-state index in [0.717, 1.165) is 32.8 Å². The molecule has 0 unspecified atom stereocenters. The van der Waals surface area contributed by atoms with Gasteiger partial charge in [0.1, 0.15) is 17.4 Å². The molecule has 3 N–H and O–H groups in total. The van der Waals surface area contributed by atoms with Gasteiger partial charge in [0.05, 0.1) is 37.1 Å². The molecule has 0 radical (unpaired) electrons. The first-order chi connectivity index (χ1) is 17.0. The van der Waals surface area contributed by atoms with Gasteiger partial charge in [0.2, 0.25) is 5.95 Å². The van der Waals surface area contributed by atoms with Crippen LogP contribution in [-0.2, 0) is 4.74 Å². The molecule has 11 heteroatoms. The van der Waals surface area contributed by atoms with E-state index in [2.05, 4.69) is 25.3 Å². The Hall–Kier alpha value is -3.47. The number of aromatic nitrogens is 4. The van der Waals surface area contributed by atoms with Crippen molar-refractivity contribution < 1.29 is 13.9 Å². The third-order valence-electron chi connectivity index (χ3n) is 5.89. The van der Waals surface area contributed by atoms with Crippen molar-refractivity contribution in [2.24, 2.45) is 0 Å². The van der Waals surface area contributed by atoms with Gasteiger partial charge in [-0.15, -0.1) is 5.10 Å². The summed E-state index contributed by atoms with van der Waals surface area (Å²) in [6, 6.07) is 11.7. The largest absolute Gasteiger partial charge is 0.497 e. The lowest BCUT2D eigenvalue weighted by Crippen LogP contribution is -2.39. The highest BCUT2D eigenvalue weighted by Crippen LogP contribution is 2.35. The number of nitrogen functional groups attached to an aromatic ring is 1. The van der Waals surface area contributed by atoms with E-state index < -0.39 is 5.82 Å². The highest BCUT2D eigenvalue weighted by Gasteiger charge is 2.21. The molecule has 1 fully saturated rings. The third-order valence-corrected chi connectivity index (χ3v) is 6.14. The van der Waals surface area contributed by atoms with E-state index in [1.807, 2.05) is 0 Å². The number of nitrogens with two attached hydrogens (primary N) is 1. The molecular weight excluding hydrogens is 473 g/mol. The minimum atomic E-state index is -0.484. The minimum absolute atomic E-state index is 0.275. The number of ether oxygens (including phenoxy) is 2. The summed E-state index contributed by atoms with van der Waals surface area (Å²) >= 11 is 6.04. The molecule has 1 aliphatic heterocycles. The average Bonchev–Trinajstić information content (AvgIpc) is 3.21. The van der Waals surface area contributed by atoms with Crippen LogP contribution < -0.4 is 15.8 Å².